The number of rotatable bonds is 5. The van der Waals surface area contributed by atoms with Crippen molar-refractivity contribution in [2.45, 2.75) is 46.5 Å². The summed E-state index contributed by atoms with van der Waals surface area (Å²) >= 11 is 0. The van der Waals surface area contributed by atoms with Crippen molar-refractivity contribution in [2.24, 2.45) is 11.8 Å². The molecule has 1 aliphatic carbocycles. The first kappa shape index (κ1) is 18.4. The molecule has 2 amide bonds. The number of ketones is 1. The molecule has 26 heavy (non-hydrogen) atoms. The summed E-state index contributed by atoms with van der Waals surface area (Å²) in [7, 11) is 0. The highest BCUT2D eigenvalue weighted by Gasteiger charge is 2.48. The Kier molecular flexibility index (Phi) is 4.98. The van der Waals surface area contributed by atoms with Crippen LogP contribution in [0, 0.1) is 25.7 Å². The van der Waals surface area contributed by atoms with E-state index in [0.717, 1.165) is 17.7 Å². The minimum Gasteiger partial charge on any atom is -0.462 e. The Morgan fingerprint density at radius 3 is 2.12 bits per heavy atom. The Hall–Kier alpha value is -2.44. The van der Waals surface area contributed by atoms with Gasteiger partial charge < -0.3 is 9.72 Å². The number of ether oxygens (including phenoxy) is 1. The summed E-state index contributed by atoms with van der Waals surface area (Å²) in [5.74, 6) is -2.09. The molecular weight excluding hydrogens is 336 g/mol. The van der Waals surface area contributed by atoms with Crippen molar-refractivity contribution in [3.8, 4) is 0 Å². The van der Waals surface area contributed by atoms with Crippen LogP contribution in [-0.2, 0) is 14.3 Å². The lowest BCUT2D eigenvalue weighted by Gasteiger charge is -2.19. The third-order valence-corrected chi connectivity index (χ3v) is 5.37. The van der Waals surface area contributed by atoms with Crippen molar-refractivity contribution in [3.05, 3.63) is 22.5 Å². The number of imide groups is 1. The molecule has 1 saturated carbocycles. The fourth-order valence-electron chi connectivity index (χ4n) is 4.20. The van der Waals surface area contributed by atoms with Gasteiger partial charge in [-0.25, -0.2) is 4.79 Å². The predicted molar refractivity (Wildman–Crippen MR) is 92.7 cm³/mol. The number of aromatic nitrogens is 1. The van der Waals surface area contributed by atoms with Gasteiger partial charge in [-0.05, 0) is 33.6 Å². The number of carbonyl (C=O) groups excluding carboxylic acids is 4. The molecule has 7 heteroatoms. The third kappa shape index (κ3) is 2.95. The van der Waals surface area contributed by atoms with E-state index in [9.17, 15) is 19.2 Å². The number of nitrogens with one attached hydrogen (secondary N) is 1. The van der Waals surface area contributed by atoms with Crippen LogP contribution in [0.5, 0.6) is 0 Å². The van der Waals surface area contributed by atoms with Gasteiger partial charge in [-0.3, -0.25) is 19.3 Å². The quantitative estimate of drug-likeness (QED) is 0.493. The Morgan fingerprint density at radius 2 is 1.58 bits per heavy atom. The fraction of sp³-hybridized carbons (Fsp3) is 0.579. The summed E-state index contributed by atoms with van der Waals surface area (Å²) in [6.45, 7) is 4.95. The van der Waals surface area contributed by atoms with Crippen LogP contribution >= 0.6 is 0 Å². The SMILES string of the molecule is CCOC(=O)c1c(C)[nH]c(C)c1C(=O)CN1C(=O)C2CCCCC2C1=O. The van der Waals surface area contributed by atoms with E-state index in [-0.39, 0.29) is 47.9 Å². The number of nitrogens with zero attached hydrogens (tertiary/aromatic N) is 1. The van der Waals surface area contributed by atoms with Crippen molar-refractivity contribution in [3.63, 3.8) is 0 Å². The normalized spacial score (nSPS) is 22.5. The lowest BCUT2D eigenvalue weighted by molar-refractivity contribution is -0.139. The summed E-state index contributed by atoms with van der Waals surface area (Å²) in [4.78, 5) is 54.4. The second-order valence-corrected chi connectivity index (χ2v) is 7.03. The molecule has 1 aliphatic heterocycles. The smallest absolute Gasteiger partial charge is 0.340 e. The Morgan fingerprint density at radius 1 is 1.04 bits per heavy atom. The molecule has 0 radical (unpaired) electrons. The zero-order valence-corrected chi connectivity index (χ0v) is 15.4. The second-order valence-electron chi connectivity index (χ2n) is 7.03. The Bertz CT molecular complexity index is 755. The maximum atomic E-state index is 12.9. The summed E-state index contributed by atoms with van der Waals surface area (Å²) in [6, 6.07) is 0. The largest absolute Gasteiger partial charge is 0.462 e. The van der Waals surface area contributed by atoms with Gasteiger partial charge in [0.15, 0.2) is 5.78 Å². The predicted octanol–water partition coefficient (Wildman–Crippen LogP) is 2.17. The number of esters is 1. The standard InChI is InChI=1S/C19H24N2O5/c1-4-26-19(25)16-11(3)20-10(2)15(16)14(22)9-21-17(23)12-7-5-6-8-13(12)18(21)24/h12-13,20H,4-9H2,1-3H3. The molecule has 2 unspecified atom stereocenters. The lowest BCUT2D eigenvalue weighted by Crippen LogP contribution is -2.36. The van der Waals surface area contributed by atoms with Gasteiger partial charge in [0, 0.05) is 11.4 Å². The molecule has 1 aromatic heterocycles. The van der Waals surface area contributed by atoms with E-state index in [1.54, 1.807) is 20.8 Å². The van der Waals surface area contributed by atoms with Crippen molar-refractivity contribution >= 4 is 23.6 Å². The monoisotopic (exact) mass is 360 g/mol. The lowest BCUT2D eigenvalue weighted by atomic mass is 9.81. The average molecular weight is 360 g/mol. The number of H-pyrrole nitrogens is 1. The second kappa shape index (κ2) is 7.05. The van der Waals surface area contributed by atoms with Gasteiger partial charge in [0.25, 0.3) is 0 Å². The Labute approximate surface area is 152 Å². The first-order valence-electron chi connectivity index (χ1n) is 9.11. The molecule has 0 aromatic carbocycles. The topological polar surface area (TPSA) is 96.5 Å². The summed E-state index contributed by atoms with van der Waals surface area (Å²) in [5.41, 5.74) is 1.46. The van der Waals surface area contributed by atoms with Crippen molar-refractivity contribution in [2.75, 3.05) is 13.2 Å². The van der Waals surface area contributed by atoms with Crippen LogP contribution in [0.25, 0.3) is 0 Å². The van der Waals surface area contributed by atoms with E-state index in [0.29, 0.717) is 24.2 Å². The Balaban J connectivity index is 1.86. The molecule has 7 nitrogen and oxygen atoms in total. The van der Waals surface area contributed by atoms with Crippen LogP contribution in [0.1, 0.15) is 64.7 Å². The van der Waals surface area contributed by atoms with E-state index in [2.05, 4.69) is 4.98 Å². The van der Waals surface area contributed by atoms with Crippen molar-refractivity contribution < 1.29 is 23.9 Å². The summed E-state index contributed by atoms with van der Waals surface area (Å²) < 4.78 is 5.04. The maximum Gasteiger partial charge on any atom is 0.340 e. The number of hydrogen-bond acceptors (Lipinski definition) is 5. The number of carbonyl (C=O) groups is 4. The molecule has 2 heterocycles. The van der Waals surface area contributed by atoms with Crippen LogP contribution in [0.4, 0.5) is 0 Å². The zero-order valence-electron chi connectivity index (χ0n) is 15.4. The molecule has 0 bridgehead atoms. The minimum atomic E-state index is -0.578. The average Bonchev–Trinajstić information content (AvgIpc) is 3.04. The van der Waals surface area contributed by atoms with Crippen molar-refractivity contribution in [1.29, 1.82) is 0 Å². The number of Topliss-reactive ketones (excluding diaryl/α,β-unsaturated/α-hetero) is 1. The molecule has 1 aromatic rings. The molecule has 2 fully saturated rings. The van der Waals surface area contributed by atoms with Gasteiger partial charge in [-0.15, -0.1) is 0 Å². The molecule has 140 valence electrons. The zero-order chi connectivity index (χ0) is 19.0. The van der Waals surface area contributed by atoms with E-state index in [1.165, 1.54) is 0 Å². The number of aromatic amines is 1. The van der Waals surface area contributed by atoms with Crippen LogP contribution in [-0.4, -0.2) is 46.6 Å². The number of aryl methyl sites for hydroxylation is 2. The van der Waals surface area contributed by atoms with E-state index >= 15 is 0 Å². The van der Waals surface area contributed by atoms with Crippen LogP contribution in [0.2, 0.25) is 0 Å². The molecule has 3 rings (SSSR count). The molecular formula is C19H24N2O5. The van der Waals surface area contributed by atoms with Gasteiger partial charge in [-0.1, -0.05) is 12.8 Å². The van der Waals surface area contributed by atoms with Gasteiger partial charge >= 0.3 is 5.97 Å². The molecule has 2 atom stereocenters. The van der Waals surface area contributed by atoms with E-state index in [4.69, 9.17) is 4.74 Å². The number of fused-ring (bicyclic) bond motifs is 1. The molecule has 1 N–H and O–H groups in total. The first-order valence-corrected chi connectivity index (χ1v) is 9.11. The maximum absolute atomic E-state index is 12.9. The highest BCUT2D eigenvalue weighted by molar-refractivity contribution is 6.13. The van der Waals surface area contributed by atoms with Gasteiger partial charge in [0.1, 0.15) is 0 Å². The highest BCUT2D eigenvalue weighted by atomic mass is 16.5. The summed E-state index contributed by atoms with van der Waals surface area (Å²) in [5, 5.41) is 0. The third-order valence-electron chi connectivity index (χ3n) is 5.37. The number of likely N-dealkylation sites (tertiary alicyclic amines) is 1. The van der Waals surface area contributed by atoms with Gasteiger partial charge in [0.2, 0.25) is 11.8 Å². The minimum absolute atomic E-state index is 0.186. The van der Waals surface area contributed by atoms with E-state index in [1.807, 2.05) is 0 Å². The van der Waals surface area contributed by atoms with E-state index < -0.39 is 11.8 Å². The van der Waals surface area contributed by atoms with Gasteiger partial charge in [0.05, 0.1) is 36.1 Å². The van der Waals surface area contributed by atoms with Crippen molar-refractivity contribution in [1.82, 2.24) is 9.88 Å². The van der Waals surface area contributed by atoms with Gasteiger partial charge in [-0.2, -0.15) is 0 Å². The molecule has 2 aliphatic rings. The van der Waals surface area contributed by atoms with Crippen LogP contribution in [0.3, 0.4) is 0 Å². The number of hydrogen-bond donors (Lipinski definition) is 1. The van der Waals surface area contributed by atoms with Crippen LogP contribution in [0.15, 0.2) is 0 Å². The van der Waals surface area contributed by atoms with Crippen LogP contribution < -0.4 is 0 Å². The molecule has 1 saturated heterocycles. The fourth-order valence-corrected chi connectivity index (χ4v) is 4.20. The highest BCUT2D eigenvalue weighted by Crippen LogP contribution is 2.38. The molecule has 0 spiro atoms. The summed E-state index contributed by atoms with van der Waals surface area (Å²) in [6.07, 6.45) is 3.28. The number of amides is 2. The first-order chi connectivity index (χ1) is 12.4.